The van der Waals surface area contributed by atoms with E-state index < -0.39 is 0 Å². The van der Waals surface area contributed by atoms with Crippen molar-refractivity contribution in [2.24, 2.45) is 0 Å². The number of hydrogen-bond donors (Lipinski definition) is 1. The molecule has 0 bridgehead atoms. The molecule has 0 aliphatic heterocycles. The molecule has 1 N–H and O–H groups in total. The normalized spacial score (nSPS) is 12.7. The van der Waals surface area contributed by atoms with Gasteiger partial charge in [-0.15, -0.1) is 0 Å². The minimum absolute atomic E-state index is 0.0884. The number of hydrogen-bond acceptors (Lipinski definition) is 3. The van der Waals surface area contributed by atoms with Crippen molar-refractivity contribution in [1.82, 2.24) is 20.1 Å². The van der Waals surface area contributed by atoms with Crippen molar-refractivity contribution >= 4 is 16.9 Å². The molecule has 0 aliphatic carbocycles. The lowest BCUT2D eigenvalue weighted by molar-refractivity contribution is -0.122. The summed E-state index contributed by atoms with van der Waals surface area (Å²) in [5.74, 6) is -0.0884. The number of pyridine rings is 1. The molecule has 0 radical (unpaired) electrons. The van der Waals surface area contributed by atoms with Gasteiger partial charge in [-0.1, -0.05) is 74.9 Å². The zero-order valence-corrected chi connectivity index (χ0v) is 20.3. The molecule has 0 aliphatic rings. The van der Waals surface area contributed by atoms with Crippen molar-refractivity contribution in [3.8, 4) is 11.1 Å². The number of rotatable bonds is 5. The van der Waals surface area contributed by atoms with Gasteiger partial charge in [0.2, 0.25) is 5.91 Å². The molecule has 1 amide bonds. The number of nitrogens with one attached hydrogen (secondary N) is 1. The van der Waals surface area contributed by atoms with Gasteiger partial charge < -0.3 is 5.32 Å². The molecule has 33 heavy (non-hydrogen) atoms. The van der Waals surface area contributed by atoms with Gasteiger partial charge in [-0.2, -0.15) is 5.10 Å². The molecule has 4 rings (SSSR count). The molecule has 0 spiro atoms. The van der Waals surface area contributed by atoms with Crippen molar-refractivity contribution < 1.29 is 4.79 Å². The maximum atomic E-state index is 12.9. The van der Waals surface area contributed by atoms with E-state index in [0.717, 1.165) is 33.4 Å². The summed E-state index contributed by atoms with van der Waals surface area (Å²) in [6, 6.07) is 18.8. The first-order chi connectivity index (χ1) is 15.6. The fraction of sp³-hybridized carbons (Fsp3) is 0.321. The lowest BCUT2D eigenvalue weighted by atomic mass is 9.86. The Morgan fingerprint density at radius 2 is 1.79 bits per heavy atom. The number of aromatic nitrogens is 3. The Kier molecular flexibility index (Phi) is 6.07. The molecule has 5 heteroatoms. The molecule has 1 atom stereocenters. The third-order valence-corrected chi connectivity index (χ3v) is 6.08. The van der Waals surface area contributed by atoms with Crippen LogP contribution in [-0.2, 0) is 16.8 Å². The maximum Gasteiger partial charge on any atom is 0.242 e. The molecule has 2 aromatic carbocycles. The smallest absolute Gasteiger partial charge is 0.242 e. The Hall–Kier alpha value is -3.47. The van der Waals surface area contributed by atoms with Crippen LogP contribution in [0.3, 0.4) is 0 Å². The Balaban J connectivity index is 1.54. The van der Waals surface area contributed by atoms with Crippen LogP contribution in [-0.4, -0.2) is 20.7 Å². The van der Waals surface area contributed by atoms with Gasteiger partial charge in [0.15, 0.2) is 5.65 Å². The van der Waals surface area contributed by atoms with Crippen molar-refractivity contribution in [3.05, 3.63) is 83.2 Å². The van der Waals surface area contributed by atoms with Crippen LogP contribution in [0.1, 0.15) is 56.1 Å². The van der Waals surface area contributed by atoms with Crippen LogP contribution in [0.15, 0.2) is 60.8 Å². The minimum atomic E-state index is -0.0924. The van der Waals surface area contributed by atoms with Crippen LogP contribution in [0.4, 0.5) is 0 Å². The molecule has 1 unspecified atom stereocenters. The van der Waals surface area contributed by atoms with Crippen LogP contribution < -0.4 is 5.32 Å². The average molecular weight is 441 g/mol. The summed E-state index contributed by atoms with van der Waals surface area (Å²) >= 11 is 0. The SMILES string of the molecule is Cc1cccc(-c2ccnc3c2c(C)nn3CC(=O)NC(C)c2ccc(C(C)(C)C)cc2)c1. The monoisotopic (exact) mass is 440 g/mol. The van der Waals surface area contributed by atoms with E-state index in [2.05, 4.69) is 91.6 Å². The van der Waals surface area contributed by atoms with E-state index >= 15 is 0 Å². The van der Waals surface area contributed by atoms with Crippen molar-refractivity contribution in [3.63, 3.8) is 0 Å². The first-order valence-electron chi connectivity index (χ1n) is 11.4. The predicted octanol–water partition coefficient (Wildman–Crippen LogP) is 5.89. The lowest BCUT2D eigenvalue weighted by Crippen LogP contribution is -2.30. The van der Waals surface area contributed by atoms with Gasteiger partial charge in [-0.3, -0.25) is 4.79 Å². The zero-order chi connectivity index (χ0) is 23.8. The number of fused-ring (bicyclic) bond motifs is 1. The van der Waals surface area contributed by atoms with E-state index in [1.54, 1.807) is 10.9 Å². The van der Waals surface area contributed by atoms with Gasteiger partial charge in [0.25, 0.3) is 0 Å². The molecule has 2 aromatic heterocycles. The highest BCUT2D eigenvalue weighted by Crippen LogP contribution is 2.30. The van der Waals surface area contributed by atoms with Crippen molar-refractivity contribution in [1.29, 1.82) is 0 Å². The van der Waals surface area contributed by atoms with Crippen molar-refractivity contribution in [2.45, 2.75) is 59.5 Å². The van der Waals surface area contributed by atoms with E-state index in [1.807, 2.05) is 19.9 Å². The molecule has 0 saturated heterocycles. The second kappa shape index (κ2) is 8.81. The number of carbonyl (C=O) groups is 1. The van der Waals surface area contributed by atoms with E-state index in [9.17, 15) is 4.79 Å². The summed E-state index contributed by atoms with van der Waals surface area (Å²) in [5.41, 5.74) is 7.47. The predicted molar refractivity (Wildman–Crippen MR) is 134 cm³/mol. The second-order valence-electron chi connectivity index (χ2n) is 9.83. The highest BCUT2D eigenvalue weighted by atomic mass is 16.2. The first kappa shape index (κ1) is 22.7. The quantitative estimate of drug-likeness (QED) is 0.421. The van der Waals surface area contributed by atoms with Gasteiger partial charge in [-0.25, -0.2) is 9.67 Å². The standard InChI is InChI=1S/C28H32N4O/c1-18-8-7-9-22(16-18)24-14-15-29-27-26(24)20(3)31-32(27)17-25(33)30-19(2)21-10-12-23(13-11-21)28(4,5)6/h7-16,19H,17H2,1-6H3,(H,30,33). The molecule has 5 nitrogen and oxygen atoms in total. The Morgan fingerprint density at radius 3 is 2.45 bits per heavy atom. The maximum absolute atomic E-state index is 12.9. The summed E-state index contributed by atoms with van der Waals surface area (Å²) in [4.78, 5) is 17.4. The van der Waals surface area contributed by atoms with Gasteiger partial charge in [-0.05, 0) is 54.5 Å². The van der Waals surface area contributed by atoms with Crippen LogP contribution in [0, 0.1) is 13.8 Å². The zero-order valence-electron chi connectivity index (χ0n) is 20.3. The molecule has 2 heterocycles. The topological polar surface area (TPSA) is 59.8 Å². The van der Waals surface area contributed by atoms with Gasteiger partial charge in [0.1, 0.15) is 6.54 Å². The second-order valence-corrected chi connectivity index (χ2v) is 9.83. The number of nitrogens with zero attached hydrogens (tertiary/aromatic N) is 3. The molecule has 0 fully saturated rings. The molecule has 0 saturated carbocycles. The number of carbonyl (C=O) groups excluding carboxylic acids is 1. The summed E-state index contributed by atoms with van der Waals surface area (Å²) < 4.78 is 1.70. The number of aryl methyl sites for hydroxylation is 2. The third kappa shape index (κ3) is 4.82. The largest absolute Gasteiger partial charge is 0.348 e. The van der Waals surface area contributed by atoms with Crippen LogP contribution in [0.5, 0.6) is 0 Å². The van der Waals surface area contributed by atoms with Crippen LogP contribution >= 0.6 is 0 Å². The van der Waals surface area contributed by atoms with E-state index in [-0.39, 0.29) is 23.9 Å². The van der Waals surface area contributed by atoms with Gasteiger partial charge in [0, 0.05) is 11.6 Å². The summed E-state index contributed by atoms with van der Waals surface area (Å²) in [5, 5.41) is 8.74. The Bertz CT molecular complexity index is 1300. The minimum Gasteiger partial charge on any atom is -0.348 e. The van der Waals surface area contributed by atoms with Crippen LogP contribution in [0.2, 0.25) is 0 Å². The average Bonchev–Trinajstić information content (AvgIpc) is 3.08. The Labute approximate surface area is 195 Å². The number of amides is 1. The third-order valence-electron chi connectivity index (χ3n) is 6.08. The lowest BCUT2D eigenvalue weighted by Gasteiger charge is -2.20. The van der Waals surface area contributed by atoms with Crippen molar-refractivity contribution in [2.75, 3.05) is 0 Å². The summed E-state index contributed by atoms with van der Waals surface area (Å²) in [7, 11) is 0. The number of benzene rings is 2. The molecular weight excluding hydrogens is 408 g/mol. The highest BCUT2D eigenvalue weighted by molar-refractivity contribution is 5.95. The first-order valence-corrected chi connectivity index (χ1v) is 11.4. The Morgan fingerprint density at radius 1 is 1.06 bits per heavy atom. The van der Waals surface area contributed by atoms with Crippen LogP contribution in [0.25, 0.3) is 22.2 Å². The molecule has 4 aromatic rings. The molecular formula is C28H32N4O. The highest BCUT2D eigenvalue weighted by Gasteiger charge is 2.18. The fourth-order valence-corrected chi connectivity index (χ4v) is 4.22. The summed E-state index contributed by atoms with van der Waals surface area (Å²) in [6.07, 6.45) is 1.79. The van der Waals surface area contributed by atoms with Gasteiger partial charge in [0.05, 0.1) is 11.7 Å². The van der Waals surface area contributed by atoms with E-state index in [1.165, 1.54) is 11.1 Å². The van der Waals surface area contributed by atoms with E-state index in [4.69, 9.17) is 0 Å². The molecule has 170 valence electrons. The summed E-state index contributed by atoms with van der Waals surface area (Å²) in [6.45, 7) is 12.8. The fourth-order valence-electron chi connectivity index (χ4n) is 4.22. The van der Waals surface area contributed by atoms with E-state index in [0.29, 0.717) is 0 Å². The van der Waals surface area contributed by atoms with Gasteiger partial charge >= 0.3 is 0 Å².